The normalized spacial score (nSPS) is 17.7. The number of hydrogen-bond donors (Lipinski definition) is 1. The topological polar surface area (TPSA) is 68.0 Å². The van der Waals surface area contributed by atoms with Crippen molar-refractivity contribution in [2.75, 3.05) is 5.32 Å². The maximum atomic E-state index is 12.5. The van der Waals surface area contributed by atoms with Crippen LogP contribution >= 0.6 is 11.6 Å². The number of halogens is 1. The Balaban J connectivity index is 1.80. The molecule has 0 aliphatic heterocycles. The Labute approximate surface area is 140 Å². The summed E-state index contributed by atoms with van der Waals surface area (Å²) in [6.07, 6.45) is 4.20. The summed E-state index contributed by atoms with van der Waals surface area (Å²) in [4.78, 5) is 16.6. The summed E-state index contributed by atoms with van der Waals surface area (Å²) in [6.45, 7) is 6.69. The Morgan fingerprint density at radius 2 is 2.17 bits per heavy atom. The Bertz CT molecular complexity index is 716. The molecule has 1 aliphatic rings. The van der Waals surface area contributed by atoms with E-state index >= 15 is 0 Å². The average Bonchev–Trinajstić information content (AvgIpc) is 2.92. The molecule has 0 fully saturated rings. The molecule has 122 valence electrons. The maximum Gasteiger partial charge on any atom is 0.279 e. The molecule has 1 atom stereocenters. The number of anilines is 1. The summed E-state index contributed by atoms with van der Waals surface area (Å²) in [7, 11) is 0. The fourth-order valence-electron chi connectivity index (χ4n) is 2.95. The highest BCUT2D eigenvalue weighted by molar-refractivity contribution is 6.30. The third kappa shape index (κ3) is 3.39. The first kappa shape index (κ1) is 16.0. The van der Waals surface area contributed by atoms with Gasteiger partial charge in [-0.2, -0.15) is 0 Å². The molecule has 2 aromatic heterocycles. The highest BCUT2D eigenvalue weighted by atomic mass is 35.5. The van der Waals surface area contributed by atoms with Crippen molar-refractivity contribution in [2.24, 2.45) is 11.3 Å². The third-order valence-electron chi connectivity index (χ3n) is 4.45. The molecule has 0 bridgehead atoms. The van der Waals surface area contributed by atoms with Crippen LogP contribution in [-0.2, 0) is 12.8 Å². The van der Waals surface area contributed by atoms with Crippen LogP contribution < -0.4 is 5.32 Å². The van der Waals surface area contributed by atoms with E-state index in [0.29, 0.717) is 22.5 Å². The highest BCUT2D eigenvalue weighted by Crippen LogP contribution is 2.38. The van der Waals surface area contributed by atoms with Crippen molar-refractivity contribution >= 4 is 23.3 Å². The number of fused-ring (bicyclic) bond motifs is 1. The average molecular weight is 334 g/mol. The number of hydrogen-bond acceptors (Lipinski definition) is 4. The van der Waals surface area contributed by atoms with Crippen molar-refractivity contribution in [2.45, 2.75) is 40.0 Å². The van der Waals surface area contributed by atoms with E-state index in [9.17, 15) is 4.79 Å². The lowest BCUT2D eigenvalue weighted by atomic mass is 9.71. The van der Waals surface area contributed by atoms with E-state index in [-0.39, 0.29) is 11.3 Å². The number of carbonyl (C=O) groups excluding carboxylic acids is 1. The number of nitrogens with zero attached hydrogens (tertiary/aromatic N) is 2. The summed E-state index contributed by atoms with van der Waals surface area (Å²) in [5.74, 6) is 1.49. The van der Waals surface area contributed by atoms with Crippen molar-refractivity contribution in [3.8, 4) is 0 Å². The molecule has 0 saturated carbocycles. The molecule has 3 rings (SSSR count). The molecular formula is C17H20ClN3O2. The van der Waals surface area contributed by atoms with Gasteiger partial charge in [-0.3, -0.25) is 4.79 Å². The lowest BCUT2D eigenvalue weighted by Crippen LogP contribution is -2.27. The van der Waals surface area contributed by atoms with Gasteiger partial charge in [0.2, 0.25) is 0 Å². The molecule has 0 spiro atoms. The van der Waals surface area contributed by atoms with Crippen LogP contribution in [0.25, 0.3) is 0 Å². The van der Waals surface area contributed by atoms with Crippen molar-refractivity contribution in [1.29, 1.82) is 0 Å². The van der Waals surface area contributed by atoms with Crippen LogP contribution in [0.4, 0.5) is 5.82 Å². The van der Waals surface area contributed by atoms with Gasteiger partial charge in [-0.05, 0) is 36.3 Å². The molecule has 6 heteroatoms. The molecule has 1 N–H and O–H groups in total. The Hall–Kier alpha value is -1.88. The lowest BCUT2D eigenvalue weighted by Gasteiger charge is -2.33. The minimum absolute atomic E-state index is 0.195. The van der Waals surface area contributed by atoms with Gasteiger partial charge in [-0.25, -0.2) is 4.98 Å². The van der Waals surface area contributed by atoms with E-state index in [0.717, 1.165) is 30.6 Å². The van der Waals surface area contributed by atoms with Crippen LogP contribution in [0.1, 0.15) is 49.0 Å². The van der Waals surface area contributed by atoms with E-state index in [4.69, 9.17) is 16.1 Å². The molecule has 0 saturated heterocycles. The van der Waals surface area contributed by atoms with Crippen molar-refractivity contribution < 1.29 is 9.32 Å². The van der Waals surface area contributed by atoms with Gasteiger partial charge in [-0.15, -0.1) is 0 Å². The lowest BCUT2D eigenvalue weighted by molar-refractivity contribution is 0.101. The SMILES string of the molecule is CC(C)(C)C1CCc2onc(C(=O)Nc3ccc(Cl)cn3)c2C1. The van der Waals surface area contributed by atoms with Crippen molar-refractivity contribution in [3.63, 3.8) is 0 Å². The van der Waals surface area contributed by atoms with Crippen LogP contribution in [0.3, 0.4) is 0 Å². The summed E-state index contributed by atoms with van der Waals surface area (Å²) in [6, 6.07) is 3.34. The summed E-state index contributed by atoms with van der Waals surface area (Å²) in [5, 5.41) is 7.25. The number of aryl methyl sites for hydroxylation is 1. The standard InChI is InChI=1S/C17H20ClN3O2/c1-17(2,3)10-4-6-13-12(8-10)15(21-23-13)16(22)20-14-7-5-11(18)9-19-14/h5,7,9-10H,4,6,8H2,1-3H3,(H,19,20,22). The van der Waals surface area contributed by atoms with Crippen LogP contribution in [0.15, 0.2) is 22.9 Å². The molecule has 0 aromatic carbocycles. The molecule has 1 aliphatic carbocycles. The number of pyridine rings is 1. The number of rotatable bonds is 2. The maximum absolute atomic E-state index is 12.5. The minimum Gasteiger partial charge on any atom is -0.360 e. The number of amides is 1. The first-order chi connectivity index (χ1) is 10.8. The molecule has 2 heterocycles. The van der Waals surface area contributed by atoms with Crippen molar-refractivity contribution in [1.82, 2.24) is 10.1 Å². The minimum atomic E-state index is -0.292. The van der Waals surface area contributed by atoms with Crippen LogP contribution in [0, 0.1) is 11.3 Å². The fourth-order valence-corrected chi connectivity index (χ4v) is 3.06. The first-order valence-corrected chi connectivity index (χ1v) is 8.12. The second kappa shape index (κ2) is 5.96. The van der Waals surface area contributed by atoms with Gasteiger partial charge in [0, 0.05) is 18.2 Å². The third-order valence-corrected chi connectivity index (χ3v) is 4.67. The van der Waals surface area contributed by atoms with Gasteiger partial charge in [0.05, 0.1) is 5.02 Å². The van der Waals surface area contributed by atoms with E-state index in [1.807, 2.05) is 0 Å². The van der Waals surface area contributed by atoms with Gasteiger partial charge >= 0.3 is 0 Å². The second-order valence-corrected chi connectivity index (χ2v) is 7.49. The molecule has 0 radical (unpaired) electrons. The van der Waals surface area contributed by atoms with Crippen LogP contribution in [0.2, 0.25) is 5.02 Å². The van der Waals surface area contributed by atoms with E-state index < -0.39 is 0 Å². The zero-order valence-corrected chi connectivity index (χ0v) is 14.3. The van der Waals surface area contributed by atoms with Gasteiger partial charge in [-0.1, -0.05) is 37.5 Å². The quantitative estimate of drug-likeness (QED) is 0.897. The molecule has 23 heavy (non-hydrogen) atoms. The molecule has 2 aromatic rings. The summed E-state index contributed by atoms with van der Waals surface area (Å²) >= 11 is 5.80. The second-order valence-electron chi connectivity index (χ2n) is 7.05. The van der Waals surface area contributed by atoms with E-state index in [1.165, 1.54) is 6.20 Å². The largest absolute Gasteiger partial charge is 0.360 e. The number of aromatic nitrogens is 2. The highest BCUT2D eigenvalue weighted by Gasteiger charge is 2.34. The van der Waals surface area contributed by atoms with Crippen LogP contribution in [-0.4, -0.2) is 16.0 Å². The Morgan fingerprint density at radius 1 is 1.39 bits per heavy atom. The zero-order chi connectivity index (χ0) is 16.6. The predicted molar refractivity (Wildman–Crippen MR) is 88.7 cm³/mol. The summed E-state index contributed by atoms with van der Waals surface area (Å²) < 4.78 is 5.37. The van der Waals surface area contributed by atoms with Gasteiger partial charge < -0.3 is 9.84 Å². The molecule has 1 amide bonds. The van der Waals surface area contributed by atoms with Gasteiger partial charge in [0.15, 0.2) is 5.69 Å². The molecular weight excluding hydrogens is 314 g/mol. The van der Waals surface area contributed by atoms with Crippen LogP contribution in [0.5, 0.6) is 0 Å². The van der Waals surface area contributed by atoms with Gasteiger partial charge in [0.1, 0.15) is 11.6 Å². The fraction of sp³-hybridized carbons (Fsp3) is 0.471. The molecule has 5 nitrogen and oxygen atoms in total. The monoisotopic (exact) mass is 333 g/mol. The Morgan fingerprint density at radius 3 is 2.83 bits per heavy atom. The van der Waals surface area contributed by atoms with E-state index in [1.54, 1.807) is 12.1 Å². The first-order valence-electron chi connectivity index (χ1n) is 7.75. The molecule has 1 unspecified atom stereocenters. The van der Waals surface area contributed by atoms with Gasteiger partial charge in [0.25, 0.3) is 5.91 Å². The summed E-state index contributed by atoms with van der Waals surface area (Å²) in [5.41, 5.74) is 1.49. The van der Waals surface area contributed by atoms with E-state index in [2.05, 4.69) is 36.2 Å². The Kier molecular flexibility index (Phi) is 4.15. The number of nitrogens with one attached hydrogen (secondary N) is 1. The number of carbonyl (C=O) groups is 1. The predicted octanol–water partition coefficient (Wildman–Crippen LogP) is 4.13. The smallest absolute Gasteiger partial charge is 0.279 e. The van der Waals surface area contributed by atoms with Crippen molar-refractivity contribution in [3.05, 3.63) is 40.4 Å². The zero-order valence-electron chi connectivity index (χ0n) is 13.5.